The summed E-state index contributed by atoms with van der Waals surface area (Å²) >= 11 is 0. The van der Waals surface area contributed by atoms with Crippen LogP contribution in [-0.2, 0) is 0 Å². The second-order valence-electron chi connectivity index (χ2n) is 3.80. The fraction of sp³-hybridized carbons (Fsp3) is 0.154. The van der Waals surface area contributed by atoms with Crippen molar-refractivity contribution in [2.45, 2.75) is 6.92 Å². The molecule has 1 aromatic heterocycles. The Morgan fingerprint density at radius 3 is 2.37 bits per heavy atom. The van der Waals surface area contributed by atoms with Crippen molar-refractivity contribution in [2.24, 2.45) is 0 Å². The summed E-state index contributed by atoms with van der Waals surface area (Å²) in [6.07, 6.45) is 0. The molecule has 0 unspecified atom stereocenters. The normalized spacial score (nSPS) is 10.2. The minimum atomic E-state index is -1.12. The average Bonchev–Trinajstić information content (AvgIpc) is 2.42. The molecule has 0 bridgehead atoms. The number of nitrogens with zero attached hydrogens (tertiary/aromatic N) is 3. The molecular weight excluding hydrogens is 249 g/mol. The molecule has 0 aliphatic heterocycles. The summed E-state index contributed by atoms with van der Waals surface area (Å²) in [6.45, 7) is 2.52. The lowest BCUT2D eigenvalue weighted by atomic mass is 10.2. The Morgan fingerprint density at radius 2 is 1.89 bits per heavy atom. The third-order valence-electron chi connectivity index (χ3n) is 2.60. The largest absolute Gasteiger partial charge is 0.476 e. The van der Waals surface area contributed by atoms with Gasteiger partial charge >= 0.3 is 5.97 Å². The highest BCUT2D eigenvalue weighted by molar-refractivity contribution is 5.85. The minimum Gasteiger partial charge on any atom is -0.476 e. The van der Waals surface area contributed by atoms with E-state index in [2.05, 4.69) is 10.2 Å². The first kappa shape index (κ1) is 12.9. The number of hydrogen-bond donors (Lipinski definition) is 1. The molecule has 2 rings (SSSR count). The summed E-state index contributed by atoms with van der Waals surface area (Å²) in [4.78, 5) is 12.5. The number of carboxylic acid groups (broad SMARTS) is 1. The molecule has 6 heteroatoms. The van der Waals surface area contributed by atoms with Crippen molar-refractivity contribution < 1.29 is 14.3 Å². The molecule has 0 fully saturated rings. The van der Waals surface area contributed by atoms with Crippen LogP contribution in [-0.4, -0.2) is 27.8 Å². The predicted molar refractivity (Wildman–Crippen MR) is 68.1 cm³/mol. The highest BCUT2D eigenvalue weighted by Crippen LogP contribution is 2.22. The van der Waals surface area contributed by atoms with E-state index in [0.29, 0.717) is 12.4 Å². The van der Waals surface area contributed by atoms with E-state index in [0.717, 1.165) is 5.69 Å². The second-order valence-corrected chi connectivity index (χ2v) is 3.80. The highest BCUT2D eigenvalue weighted by atomic mass is 19.1. The first-order chi connectivity index (χ1) is 9.11. The molecule has 0 saturated heterocycles. The molecule has 1 heterocycles. The fourth-order valence-electron chi connectivity index (χ4n) is 1.68. The Balaban J connectivity index is 2.31. The molecule has 0 amide bonds. The van der Waals surface area contributed by atoms with Crippen molar-refractivity contribution in [3.8, 4) is 0 Å². The zero-order chi connectivity index (χ0) is 13.8. The number of anilines is 2. The maximum atomic E-state index is 12.9. The third-order valence-corrected chi connectivity index (χ3v) is 2.60. The Morgan fingerprint density at radius 1 is 1.21 bits per heavy atom. The molecule has 0 aliphatic carbocycles. The van der Waals surface area contributed by atoms with E-state index < -0.39 is 5.97 Å². The lowest BCUT2D eigenvalue weighted by molar-refractivity contribution is 0.0689. The number of rotatable bonds is 4. The van der Waals surface area contributed by atoms with Crippen LogP contribution < -0.4 is 4.90 Å². The zero-order valence-electron chi connectivity index (χ0n) is 10.2. The second kappa shape index (κ2) is 5.43. The van der Waals surface area contributed by atoms with Gasteiger partial charge in [0.05, 0.1) is 0 Å². The standard InChI is InChI=1S/C13H12FN3O2/c1-2-17(10-5-3-9(14)4-6-10)12-8-7-11(13(18)19)15-16-12/h3-8H,2H2,1H3,(H,18,19). The van der Waals surface area contributed by atoms with Gasteiger partial charge in [0.25, 0.3) is 0 Å². The van der Waals surface area contributed by atoms with Crippen LogP contribution in [0.15, 0.2) is 36.4 Å². The molecule has 98 valence electrons. The predicted octanol–water partition coefficient (Wildman–Crippen LogP) is 2.47. The van der Waals surface area contributed by atoms with Gasteiger partial charge in [0, 0.05) is 12.2 Å². The SMILES string of the molecule is CCN(c1ccc(F)cc1)c1ccc(C(=O)O)nn1. The van der Waals surface area contributed by atoms with Crippen LogP contribution in [0.1, 0.15) is 17.4 Å². The van der Waals surface area contributed by atoms with Gasteiger partial charge in [-0.25, -0.2) is 9.18 Å². The lowest BCUT2D eigenvalue weighted by Crippen LogP contribution is -2.18. The summed E-state index contributed by atoms with van der Waals surface area (Å²) in [6, 6.07) is 8.94. The van der Waals surface area contributed by atoms with Crippen molar-refractivity contribution in [3.63, 3.8) is 0 Å². The Labute approximate surface area is 109 Å². The van der Waals surface area contributed by atoms with Crippen LogP contribution in [0.25, 0.3) is 0 Å². The van der Waals surface area contributed by atoms with E-state index in [1.165, 1.54) is 18.2 Å². The lowest BCUT2D eigenvalue weighted by Gasteiger charge is -2.21. The third kappa shape index (κ3) is 2.85. The van der Waals surface area contributed by atoms with E-state index in [1.807, 2.05) is 6.92 Å². The average molecular weight is 261 g/mol. The van der Waals surface area contributed by atoms with Gasteiger partial charge in [-0.3, -0.25) is 0 Å². The van der Waals surface area contributed by atoms with Crippen molar-refractivity contribution >= 4 is 17.5 Å². The van der Waals surface area contributed by atoms with Gasteiger partial charge in [-0.1, -0.05) is 0 Å². The number of hydrogen-bond acceptors (Lipinski definition) is 4. The smallest absolute Gasteiger partial charge is 0.356 e. The van der Waals surface area contributed by atoms with Gasteiger partial charge in [-0.2, -0.15) is 0 Å². The van der Waals surface area contributed by atoms with Gasteiger partial charge in [-0.05, 0) is 43.3 Å². The molecule has 5 nitrogen and oxygen atoms in total. The molecular formula is C13H12FN3O2. The molecule has 0 saturated carbocycles. The topological polar surface area (TPSA) is 66.3 Å². The maximum absolute atomic E-state index is 12.9. The van der Waals surface area contributed by atoms with Crippen molar-refractivity contribution in [1.82, 2.24) is 10.2 Å². The van der Waals surface area contributed by atoms with Crippen LogP contribution in [0.5, 0.6) is 0 Å². The van der Waals surface area contributed by atoms with Crippen LogP contribution >= 0.6 is 0 Å². The number of benzene rings is 1. The van der Waals surface area contributed by atoms with Crippen LogP contribution in [0.4, 0.5) is 15.9 Å². The Bertz CT molecular complexity index is 569. The molecule has 1 N–H and O–H groups in total. The first-order valence-corrected chi connectivity index (χ1v) is 5.72. The van der Waals surface area contributed by atoms with Crippen LogP contribution in [0.3, 0.4) is 0 Å². The monoisotopic (exact) mass is 261 g/mol. The zero-order valence-corrected chi connectivity index (χ0v) is 10.2. The Kier molecular flexibility index (Phi) is 3.70. The van der Waals surface area contributed by atoms with Gasteiger partial charge in [-0.15, -0.1) is 10.2 Å². The van der Waals surface area contributed by atoms with Crippen molar-refractivity contribution in [2.75, 3.05) is 11.4 Å². The molecule has 0 atom stereocenters. The number of carboxylic acids is 1. The van der Waals surface area contributed by atoms with Crippen LogP contribution in [0, 0.1) is 5.82 Å². The van der Waals surface area contributed by atoms with E-state index in [4.69, 9.17) is 5.11 Å². The minimum absolute atomic E-state index is 0.112. The van der Waals surface area contributed by atoms with E-state index in [-0.39, 0.29) is 11.5 Å². The summed E-state index contributed by atoms with van der Waals surface area (Å²) in [5, 5.41) is 16.3. The van der Waals surface area contributed by atoms with Crippen molar-refractivity contribution in [3.05, 3.63) is 47.9 Å². The number of halogens is 1. The van der Waals surface area contributed by atoms with Gasteiger partial charge in [0.1, 0.15) is 5.82 Å². The molecule has 2 aromatic rings. The molecule has 0 aliphatic rings. The fourth-order valence-corrected chi connectivity index (χ4v) is 1.68. The molecule has 0 spiro atoms. The molecule has 19 heavy (non-hydrogen) atoms. The van der Waals surface area contributed by atoms with E-state index in [9.17, 15) is 9.18 Å². The van der Waals surface area contributed by atoms with Gasteiger partial charge < -0.3 is 10.0 Å². The maximum Gasteiger partial charge on any atom is 0.356 e. The summed E-state index contributed by atoms with van der Waals surface area (Å²) in [5.41, 5.74) is 0.653. The van der Waals surface area contributed by atoms with Crippen LogP contribution in [0.2, 0.25) is 0 Å². The number of aromatic carboxylic acids is 1. The summed E-state index contributed by atoms with van der Waals surface area (Å²) in [7, 11) is 0. The Hall–Kier alpha value is -2.50. The molecule has 0 radical (unpaired) electrons. The molecule has 1 aromatic carbocycles. The van der Waals surface area contributed by atoms with E-state index >= 15 is 0 Å². The first-order valence-electron chi connectivity index (χ1n) is 5.72. The van der Waals surface area contributed by atoms with Crippen molar-refractivity contribution in [1.29, 1.82) is 0 Å². The number of carbonyl (C=O) groups is 1. The van der Waals surface area contributed by atoms with Gasteiger partial charge in [0.2, 0.25) is 0 Å². The summed E-state index contributed by atoms with van der Waals surface area (Å²) < 4.78 is 12.9. The number of aromatic nitrogens is 2. The highest BCUT2D eigenvalue weighted by Gasteiger charge is 2.11. The quantitative estimate of drug-likeness (QED) is 0.915. The summed E-state index contributed by atoms with van der Waals surface area (Å²) in [5.74, 6) is -0.921. The van der Waals surface area contributed by atoms with E-state index in [1.54, 1.807) is 23.1 Å². The van der Waals surface area contributed by atoms with Gasteiger partial charge in [0.15, 0.2) is 11.5 Å².